The van der Waals surface area contributed by atoms with Gasteiger partial charge < -0.3 is 5.32 Å². The molecule has 1 amide bonds. The first-order valence-electron chi connectivity index (χ1n) is 4.30. The molecule has 0 unspecified atom stereocenters. The van der Waals surface area contributed by atoms with Crippen LogP contribution in [-0.4, -0.2) is 10.9 Å². The van der Waals surface area contributed by atoms with Gasteiger partial charge in [0.05, 0.1) is 0 Å². The summed E-state index contributed by atoms with van der Waals surface area (Å²) in [4.78, 5) is 24.9. The van der Waals surface area contributed by atoms with Crippen LogP contribution in [0.15, 0.2) is 23.5 Å². The zero-order chi connectivity index (χ0) is 10.4. The number of pyridine rings is 1. The largest absolute Gasteiger partial charge is 0.311 e. The standard InChI is InChI=1S/C9H11N3O2/c1-2-9(13)12-8-4-3-7(5-10-8)6-11-14/h3-5H,2,6H2,1H3,(H,10,12,13). The topological polar surface area (TPSA) is 71.4 Å². The summed E-state index contributed by atoms with van der Waals surface area (Å²) in [6.45, 7) is 1.87. The van der Waals surface area contributed by atoms with Gasteiger partial charge in [-0.3, -0.25) is 4.79 Å². The molecule has 14 heavy (non-hydrogen) atoms. The van der Waals surface area contributed by atoms with Gasteiger partial charge in [0.1, 0.15) is 12.4 Å². The minimum absolute atomic E-state index is 0.0845. The van der Waals surface area contributed by atoms with E-state index in [2.05, 4.69) is 15.5 Å². The number of nitrogens with zero attached hydrogens (tertiary/aromatic N) is 2. The van der Waals surface area contributed by atoms with E-state index in [1.165, 1.54) is 6.20 Å². The highest BCUT2D eigenvalue weighted by Gasteiger charge is 1.99. The van der Waals surface area contributed by atoms with E-state index in [9.17, 15) is 9.70 Å². The van der Waals surface area contributed by atoms with Crippen LogP contribution in [0.5, 0.6) is 0 Å². The molecule has 0 spiro atoms. The summed E-state index contributed by atoms with van der Waals surface area (Å²) in [6, 6.07) is 3.35. The first-order valence-corrected chi connectivity index (χ1v) is 4.30. The molecule has 0 bridgehead atoms. The van der Waals surface area contributed by atoms with E-state index in [1.54, 1.807) is 19.1 Å². The Labute approximate surface area is 81.5 Å². The molecule has 0 aromatic carbocycles. The van der Waals surface area contributed by atoms with Gasteiger partial charge in [-0.05, 0) is 11.6 Å². The lowest BCUT2D eigenvalue weighted by molar-refractivity contribution is -0.115. The fourth-order valence-corrected chi connectivity index (χ4v) is 0.898. The van der Waals surface area contributed by atoms with Crippen LogP contribution in [0, 0.1) is 4.91 Å². The molecule has 1 aromatic rings. The van der Waals surface area contributed by atoms with Crippen molar-refractivity contribution in [2.45, 2.75) is 19.9 Å². The number of hydrogen-bond acceptors (Lipinski definition) is 4. The molecule has 0 fully saturated rings. The van der Waals surface area contributed by atoms with Crippen molar-refractivity contribution in [3.63, 3.8) is 0 Å². The number of carbonyl (C=O) groups excluding carboxylic acids is 1. The van der Waals surface area contributed by atoms with E-state index in [0.29, 0.717) is 12.2 Å². The summed E-state index contributed by atoms with van der Waals surface area (Å²) in [7, 11) is 0. The lowest BCUT2D eigenvalue weighted by Gasteiger charge is -2.02. The Kier molecular flexibility index (Phi) is 3.72. The lowest BCUT2D eigenvalue weighted by Crippen LogP contribution is -2.10. The van der Waals surface area contributed by atoms with Crippen LogP contribution in [0.25, 0.3) is 0 Å². The Morgan fingerprint density at radius 3 is 2.86 bits per heavy atom. The quantitative estimate of drug-likeness (QED) is 0.739. The number of carbonyl (C=O) groups is 1. The Bertz CT molecular complexity index is 321. The number of rotatable bonds is 4. The highest BCUT2D eigenvalue weighted by atomic mass is 16.3. The molecule has 5 nitrogen and oxygen atoms in total. The lowest BCUT2D eigenvalue weighted by atomic mass is 10.3. The van der Waals surface area contributed by atoms with Crippen LogP contribution in [0.1, 0.15) is 18.9 Å². The number of nitrogens with one attached hydrogen (secondary N) is 1. The van der Waals surface area contributed by atoms with Crippen molar-refractivity contribution in [3.8, 4) is 0 Å². The predicted molar refractivity (Wildman–Crippen MR) is 52.7 cm³/mol. The number of anilines is 1. The summed E-state index contributed by atoms with van der Waals surface area (Å²) in [6.07, 6.45) is 1.94. The van der Waals surface area contributed by atoms with Crippen LogP contribution in [-0.2, 0) is 11.3 Å². The van der Waals surface area contributed by atoms with Crippen molar-refractivity contribution < 1.29 is 4.79 Å². The van der Waals surface area contributed by atoms with E-state index >= 15 is 0 Å². The van der Waals surface area contributed by atoms with E-state index in [0.717, 1.165) is 5.56 Å². The average molecular weight is 193 g/mol. The van der Waals surface area contributed by atoms with Crippen molar-refractivity contribution in [2.24, 2.45) is 5.18 Å². The monoisotopic (exact) mass is 193 g/mol. The molecule has 1 heterocycles. The Morgan fingerprint density at radius 2 is 2.36 bits per heavy atom. The van der Waals surface area contributed by atoms with Gasteiger partial charge in [0.15, 0.2) is 0 Å². The highest BCUT2D eigenvalue weighted by Crippen LogP contribution is 2.06. The molecule has 0 saturated heterocycles. The van der Waals surface area contributed by atoms with Crippen molar-refractivity contribution in [1.82, 2.24) is 4.98 Å². The molecule has 0 radical (unpaired) electrons. The Morgan fingerprint density at radius 1 is 1.57 bits per heavy atom. The third-order valence-corrected chi connectivity index (χ3v) is 1.66. The smallest absolute Gasteiger partial charge is 0.225 e. The molecule has 0 aliphatic rings. The number of amides is 1. The fraction of sp³-hybridized carbons (Fsp3) is 0.333. The molecule has 1 aromatic heterocycles. The van der Waals surface area contributed by atoms with Gasteiger partial charge in [0.25, 0.3) is 0 Å². The average Bonchev–Trinajstić information content (AvgIpc) is 2.21. The third-order valence-electron chi connectivity index (χ3n) is 1.66. The maximum Gasteiger partial charge on any atom is 0.225 e. The van der Waals surface area contributed by atoms with Gasteiger partial charge in [-0.1, -0.05) is 18.2 Å². The number of nitroso groups, excluding NO2 is 1. The second-order valence-corrected chi connectivity index (χ2v) is 2.74. The second-order valence-electron chi connectivity index (χ2n) is 2.74. The van der Waals surface area contributed by atoms with Crippen LogP contribution in [0.2, 0.25) is 0 Å². The van der Waals surface area contributed by atoms with Crippen molar-refractivity contribution in [3.05, 3.63) is 28.8 Å². The van der Waals surface area contributed by atoms with Crippen LogP contribution in [0.3, 0.4) is 0 Å². The summed E-state index contributed by atoms with van der Waals surface area (Å²) >= 11 is 0. The fourth-order valence-electron chi connectivity index (χ4n) is 0.898. The second kappa shape index (κ2) is 5.06. The first kappa shape index (κ1) is 10.3. The summed E-state index contributed by atoms with van der Waals surface area (Å²) in [5, 5.41) is 5.34. The van der Waals surface area contributed by atoms with E-state index in [4.69, 9.17) is 0 Å². The van der Waals surface area contributed by atoms with Gasteiger partial charge in [-0.15, -0.1) is 0 Å². The maximum absolute atomic E-state index is 11.0. The molecule has 74 valence electrons. The van der Waals surface area contributed by atoms with E-state index in [-0.39, 0.29) is 12.5 Å². The first-order chi connectivity index (χ1) is 6.76. The highest BCUT2D eigenvalue weighted by molar-refractivity contribution is 5.89. The van der Waals surface area contributed by atoms with Gasteiger partial charge in [0.2, 0.25) is 5.91 Å². The predicted octanol–water partition coefficient (Wildman–Crippen LogP) is 1.70. The van der Waals surface area contributed by atoms with Crippen molar-refractivity contribution in [1.29, 1.82) is 0 Å². The van der Waals surface area contributed by atoms with Gasteiger partial charge >= 0.3 is 0 Å². The third kappa shape index (κ3) is 2.93. The summed E-state index contributed by atoms with van der Waals surface area (Å²) < 4.78 is 0. The number of aromatic nitrogens is 1. The normalized spacial score (nSPS) is 9.50. The van der Waals surface area contributed by atoms with Gasteiger partial charge in [0, 0.05) is 12.6 Å². The zero-order valence-electron chi connectivity index (χ0n) is 7.86. The van der Waals surface area contributed by atoms with E-state index < -0.39 is 0 Å². The molecule has 0 saturated carbocycles. The molecule has 1 N–H and O–H groups in total. The van der Waals surface area contributed by atoms with Crippen LogP contribution >= 0.6 is 0 Å². The summed E-state index contributed by atoms with van der Waals surface area (Å²) in [5.41, 5.74) is 0.731. The molecule has 0 atom stereocenters. The summed E-state index contributed by atoms with van der Waals surface area (Å²) in [5.74, 6) is 0.408. The zero-order valence-corrected chi connectivity index (χ0v) is 7.86. The molecule has 1 rings (SSSR count). The van der Waals surface area contributed by atoms with Crippen LogP contribution in [0.4, 0.5) is 5.82 Å². The minimum Gasteiger partial charge on any atom is -0.311 e. The molecular formula is C9H11N3O2. The molecule has 0 aliphatic carbocycles. The number of hydrogen-bond donors (Lipinski definition) is 1. The van der Waals surface area contributed by atoms with Crippen LogP contribution < -0.4 is 5.32 Å². The Hall–Kier alpha value is -1.78. The molecular weight excluding hydrogens is 182 g/mol. The van der Waals surface area contributed by atoms with Crippen molar-refractivity contribution in [2.75, 3.05) is 5.32 Å². The molecule has 5 heteroatoms. The Balaban J connectivity index is 2.63. The molecule has 0 aliphatic heterocycles. The van der Waals surface area contributed by atoms with Gasteiger partial charge in [-0.25, -0.2) is 4.98 Å². The van der Waals surface area contributed by atoms with E-state index in [1.807, 2.05) is 0 Å². The van der Waals surface area contributed by atoms with Gasteiger partial charge in [-0.2, -0.15) is 4.91 Å². The minimum atomic E-state index is -0.0845. The SMILES string of the molecule is CCC(=O)Nc1ccc(CN=O)cn1. The van der Waals surface area contributed by atoms with Crippen molar-refractivity contribution >= 4 is 11.7 Å². The maximum atomic E-state index is 11.0.